The Labute approximate surface area is 221 Å². The number of anilines is 1. The minimum atomic E-state index is -1.10. The van der Waals surface area contributed by atoms with Gasteiger partial charge >= 0.3 is 11.7 Å². The van der Waals surface area contributed by atoms with Crippen molar-refractivity contribution in [3.8, 4) is 23.2 Å². The van der Waals surface area contributed by atoms with Crippen LogP contribution in [0.4, 0.5) is 10.1 Å². The minimum Gasteiger partial charge on any atom is -0.493 e. The van der Waals surface area contributed by atoms with E-state index in [1.807, 2.05) is 0 Å². The number of ether oxygens (including phenoxy) is 3. The average molecular weight is 537 g/mol. The van der Waals surface area contributed by atoms with Gasteiger partial charge in [0, 0.05) is 42.7 Å². The Bertz CT molecular complexity index is 1570. The van der Waals surface area contributed by atoms with Crippen molar-refractivity contribution in [3.05, 3.63) is 82.0 Å². The van der Waals surface area contributed by atoms with E-state index in [4.69, 9.17) is 25.4 Å². The Balaban J connectivity index is 1.87. The van der Waals surface area contributed by atoms with Crippen LogP contribution in [0, 0.1) is 11.2 Å². The maximum Gasteiger partial charge on any atom is 0.350 e. The summed E-state index contributed by atoms with van der Waals surface area (Å²) in [5.74, 6) is -1.14. The molecule has 0 bridgehead atoms. The van der Waals surface area contributed by atoms with E-state index in [0.29, 0.717) is 5.69 Å². The van der Waals surface area contributed by atoms with E-state index in [1.165, 1.54) is 44.6 Å². The van der Waals surface area contributed by atoms with E-state index >= 15 is 4.39 Å². The van der Waals surface area contributed by atoms with Crippen LogP contribution in [0.1, 0.15) is 36.8 Å². The molecule has 1 atom stereocenters. The Morgan fingerprint density at radius 2 is 1.95 bits per heavy atom. The lowest BCUT2D eigenvalue weighted by atomic mass is 10.0. The second-order valence-electron chi connectivity index (χ2n) is 8.03. The van der Waals surface area contributed by atoms with Gasteiger partial charge in [-0.15, -0.1) is 9.78 Å². The summed E-state index contributed by atoms with van der Waals surface area (Å²) in [6.45, 7) is 3.26. The maximum absolute atomic E-state index is 15.5. The lowest BCUT2D eigenvalue weighted by Gasteiger charge is -2.21. The number of carbonyl (C=O) groups is 1. The van der Waals surface area contributed by atoms with Gasteiger partial charge in [-0.05, 0) is 31.2 Å². The third kappa shape index (κ3) is 5.84. The summed E-state index contributed by atoms with van der Waals surface area (Å²) in [6, 6.07) is 7.52. The van der Waals surface area contributed by atoms with Crippen LogP contribution in [0.15, 0.2) is 53.6 Å². The first-order valence-corrected chi connectivity index (χ1v) is 11.6. The molecule has 4 aromatic rings. The van der Waals surface area contributed by atoms with Crippen molar-refractivity contribution in [3.63, 3.8) is 0 Å². The second-order valence-corrected chi connectivity index (χ2v) is 8.03. The molecule has 0 saturated carbocycles. The standard InChI is InChI=1S/C25H25FN8O5/c1-4-38-20-11-16(17(26)12-19(20)37-3)21(23-32-25(36)34(33-23)24-29-8-5-9-30-24)31-14-6-7-15(22(27)28)18(10-14)39-13(2)35/h5-12,21,31H,4H2,1-3H3,(H3,27,28)(H,32,33,36). The Hall–Kier alpha value is -5.27. The molecule has 202 valence electrons. The lowest BCUT2D eigenvalue weighted by Crippen LogP contribution is -2.18. The minimum absolute atomic E-state index is 0.0110. The van der Waals surface area contributed by atoms with Gasteiger partial charge < -0.3 is 25.3 Å². The number of halogens is 1. The lowest BCUT2D eigenvalue weighted by molar-refractivity contribution is -0.131. The smallest absolute Gasteiger partial charge is 0.350 e. The summed E-state index contributed by atoms with van der Waals surface area (Å²) in [4.78, 5) is 35.1. The summed E-state index contributed by atoms with van der Waals surface area (Å²) in [7, 11) is 1.39. The summed E-state index contributed by atoms with van der Waals surface area (Å²) < 4.78 is 32.5. The summed E-state index contributed by atoms with van der Waals surface area (Å²) in [6.07, 6.45) is 2.90. The van der Waals surface area contributed by atoms with Gasteiger partial charge in [0.05, 0.1) is 19.3 Å². The van der Waals surface area contributed by atoms with Gasteiger partial charge in [-0.3, -0.25) is 15.2 Å². The Morgan fingerprint density at radius 3 is 2.59 bits per heavy atom. The van der Waals surface area contributed by atoms with Crippen LogP contribution in [0.5, 0.6) is 17.2 Å². The van der Waals surface area contributed by atoms with Crippen LogP contribution in [0.3, 0.4) is 0 Å². The fourth-order valence-corrected chi connectivity index (χ4v) is 3.74. The quantitative estimate of drug-likeness (QED) is 0.102. The molecule has 1 unspecified atom stereocenters. The van der Waals surface area contributed by atoms with Gasteiger partial charge in [-0.25, -0.2) is 19.2 Å². The average Bonchev–Trinajstić information content (AvgIpc) is 3.29. The van der Waals surface area contributed by atoms with Crippen LogP contribution < -0.4 is 31.0 Å². The van der Waals surface area contributed by atoms with E-state index in [9.17, 15) is 9.59 Å². The molecule has 0 radical (unpaired) electrons. The number of aromatic nitrogens is 5. The van der Waals surface area contributed by atoms with Crippen molar-refractivity contribution >= 4 is 17.5 Å². The predicted molar refractivity (Wildman–Crippen MR) is 138 cm³/mol. The van der Waals surface area contributed by atoms with E-state index in [2.05, 4.69) is 25.4 Å². The highest BCUT2D eigenvalue weighted by Gasteiger charge is 2.26. The number of nitrogen functional groups attached to an aromatic ring is 1. The highest BCUT2D eigenvalue weighted by Crippen LogP contribution is 2.36. The number of benzene rings is 2. The van der Waals surface area contributed by atoms with Gasteiger partial charge in [0.15, 0.2) is 17.3 Å². The number of nitrogens with one attached hydrogen (secondary N) is 3. The number of aromatic amines is 1. The van der Waals surface area contributed by atoms with E-state index < -0.39 is 23.5 Å². The third-order valence-corrected chi connectivity index (χ3v) is 5.38. The number of nitrogens with two attached hydrogens (primary N) is 1. The van der Waals surface area contributed by atoms with Crippen molar-refractivity contribution in [2.24, 2.45) is 5.73 Å². The van der Waals surface area contributed by atoms with Crippen LogP contribution in [0.2, 0.25) is 0 Å². The van der Waals surface area contributed by atoms with Crippen molar-refractivity contribution in [1.29, 1.82) is 5.41 Å². The van der Waals surface area contributed by atoms with Gasteiger partial charge in [-0.1, -0.05) is 0 Å². The van der Waals surface area contributed by atoms with E-state index in [1.54, 1.807) is 19.1 Å². The number of amidine groups is 1. The molecule has 13 nitrogen and oxygen atoms in total. The predicted octanol–water partition coefficient (Wildman–Crippen LogP) is 2.31. The molecule has 2 heterocycles. The Morgan fingerprint density at radius 1 is 1.21 bits per heavy atom. The number of rotatable bonds is 10. The van der Waals surface area contributed by atoms with Crippen molar-refractivity contribution in [1.82, 2.24) is 24.7 Å². The van der Waals surface area contributed by atoms with Crippen LogP contribution in [-0.4, -0.2) is 50.3 Å². The molecule has 5 N–H and O–H groups in total. The van der Waals surface area contributed by atoms with E-state index in [-0.39, 0.29) is 52.6 Å². The first-order valence-electron chi connectivity index (χ1n) is 11.6. The maximum atomic E-state index is 15.5. The van der Waals surface area contributed by atoms with Crippen molar-refractivity contribution < 1.29 is 23.4 Å². The molecule has 14 heteroatoms. The molecule has 0 aliphatic rings. The van der Waals surface area contributed by atoms with E-state index in [0.717, 1.165) is 10.7 Å². The molecule has 0 amide bonds. The number of esters is 1. The summed E-state index contributed by atoms with van der Waals surface area (Å²) in [5, 5.41) is 15.2. The molecule has 0 spiro atoms. The zero-order chi connectivity index (χ0) is 28.1. The van der Waals surface area contributed by atoms with Crippen molar-refractivity contribution in [2.75, 3.05) is 19.0 Å². The molecule has 0 saturated heterocycles. The highest BCUT2D eigenvalue weighted by molar-refractivity contribution is 5.98. The third-order valence-electron chi connectivity index (χ3n) is 5.38. The fraction of sp³-hybridized carbons (Fsp3) is 0.200. The molecule has 2 aromatic carbocycles. The number of H-pyrrole nitrogens is 1. The number of carbonyl (C=O) groups excluding carboxylic acids is 1. The summed E-state index contributed by atoms with van der Waals surface area (Å²) in [5.41, 5.74) is 5.53. The van der Waals surface area contributed by atoms with Gasteiger partial charge in [-0.2, -0.15) is 0 Å². The first kappa shape index (κ1) is 26.8. The SMILES string of the molecule is CCOc1cc(C(Nc2ccc(C(=N)N)c(OC(C)=O)c2)c2nn(-c3ncccn3)c(=O)[nH]2)c(F)cc1OC. The first-order chi connectivity index (χ1) is 18.7. The normalized spacial score (nSPS) is 11.5. The van der Waals surface area contributed by atoms with Crippen molar-refractivity contribution in [2.45, 2.75) is 19.9 Å². The number of methoxy groups -OCH3 is 1. The Kier molecular flexibility index (Phi) is 7.84. The number of hydrogen-bond donors (Lipinski definition) is 4. The molecule has 2 aromatic heterocycles. The molecular weight excluding hydrogens is 511 g/mol. The van der Waals surface area contributed by atoms with Gasteiger partial charge in [0.2, 0.25) is 0 Å². The van der Waals surface area contributed by atoms with Gasteiger partial charge in [0.1, 0.15) is 23.4 Å². The van der Waals surface area contributed by atoms with Crippen LogP contribution in [0.25, 0.3) is 5.95 Å². The highest BCUT2D eigenvalue weighted by atomic mass is 19.1. The molecule has 4 rings (SSSR count). The monoisotopic (exact) mass is 536 g/mol. The summed E-state index contributed by atoms with van der Waals surface area (Å²) >= 11 is 0. The fourth-order valence-electron chi connectivity index (χ4n) is 3.74. The molecule has 0 aliphatic carbocycles. The molecule has 0 aliphatic heterocycles. The molecular formula is C25H25FN8O5. The zero-order valence-electron chi connectivity index (χ0n) is 21.2. The number of hydrogen-bond acceptors (Lipinski definition) is 10. The number of nitrogens with zero attached hydrogens (tertiary/aromatic N) is 4. The molecule has 0 fully saturated rings. The molecule has 39 heavy (non-hydrogen) atoms. The topological polar surface area (TPSA) is 183 Å². The van der Waals surface area contributed by atoms with Crippen LogP contribution >= 0.6 is 0 Å². The largest absolute Gasteiger partial charge is 0.493 e. The van der Waals surface area contributed by atoms with Gasteiger partial charge in [0.25, 0.3) is 5.95 Å². The second kappa shape index (κ2) is 11.4. The zero-order valence-corrected chi connectivity index (χ0v) is 21.2. The van der Waals surface area contributed by atoms with Crippen LogP contribution in [-0.2, 0) is 4.79 Å².